The third kappa shape index (κ3) is 1.68. The van der Waals surface area contributed by atoms with Crippen molar-refractivity contribution >= 4 is 11.3 Å². The van der Waals surface area contributed by atoms with E-state index in [9.17, 15) is 0 Å². The quantitative estimate of drug-likeness (QED) is 0.760. The van der Waals surface area contributed by atoms with E-state index in [4.69, 9.17) is 5.11 Å². The molecule has 2 heterocycles. The lowest BCUT2D eigenvalue weighted by atomic mass is 10.0. The largest absolute Gasteiger partial charge is 0.396 e. The van der Waals surface area contributed by atoms with Gasteiger partial charge in [0.2, 0.25) is 0 Å². The molecule has 0 amide bonds. The van der Waals surface area contributed by atoms with E-state index in [0.29, 0.717) is 12.5 Å². The van der Waals surface area contributed by atoms with Crippen LogP contribution >= 0.6 is 11.3 Å². The Morgan fingerprint density at radius 2 is 2.42 bits per heavy atom. The highest BCUT2D eigenvalue weighted by Crippen LogP contribution is 2.18. The molecule has 1 aromatic heterocycles. The maximum atomic E-state index is 8.81. The highest BCUT2D eigenvalue weighted by atomic mass is 32.1. The zero-order chi connectivity index (χ0) is 8.39. The van der Waals surface area contributed by atoms with Crippen LogP contribution < -0.4 is 0 Å². The van der Waals surface area contributed by atoms with Crippen molar-refractivity contribution in [3.05, 3.63) is 22.4 Å². The summed E-state index contributed by atoms with van der Waals surface area (Å²) >= 11 is 1.75. The summed E-state index contributed by atoms with van der Waals surface area (Å²) in [7, 11) is 0. The van der Waals surface area contributed by atoms with Crippen molar-refractivity contribution in [2.45, 2.75) is 6.54 Å². The van der Waals surface area contributed by atoms with Crippen molar-refractivity contribution < 1.29 is 5.11 Å². The van der Waals surface area contributed by atoms with E-state index in [1.165, 1.54) is 5.56 Å². The Bertz CT molecular complexity index is 229. The van der Waals surface area contributed by atoms with Gasteiger partial charge in [0.1, 0.15) is 0 Å². The van der Waals surface area contributed by atoms with Crippen molar-refractivity contribution in [1.29, 1.82) is 0 Å². The van der Waals surface area contributed by atoms with E-state index >= 15 is 0 Å². The molecular formula is C9H13NOS. The van der Waals surface area contributed by atoms with E-state index in [0.717, 1.165) is 19.6 Å². The first-order chi connectivity index (χ1) is 5.88. The summed E-state index contributed by atoms with van der Waals surface area (Å²) < 4.78 is 0. The fourth-order valence-electron chi connectivity index (χ4n) is 1.56. The summed E-state index contributed by atoms with van der Waals surface area (Å²) in [5.41, 5.74) is 1.40. The number of aliphatic hydroxyl groups is 1. The number of thiophene rings is 1. The van der Waals surface area contributed by atoms with Gasteiger partial charge < -0.3 is 5.11 Å². The third-order valence-corrected chi connectivity index (χ3v) is 3.01. The van der Waals surface area contributed by atoms with Crippen molar-refractivity contribution in [3.8, 4) is 0 Å². The van der Waals surface area contributed by atoms with Gasteiger partial charge in [0.15, 0.2) is 0 Å². The Kier molecular flexibility index (Phi) is 2.44. The van der Waals surface area contributed by atoms with Crippen LogP contribution in [0.2, 0.25) is 0 Å². The van der Waals surface area contributed by atoms with Crippen LogP contribution in [0.1, 0.15) is 5.56 Å². The fraction of sp³-hybridized carbons (Fsp3) is 0.556. The molecular weight excluding hydrogens is 170 g/mol. The van der Waals surface area contributed by atoms with Gasteiger partial charge in [-0.15, -0.1) is 0 Å². The Labute approximate surface area is 76.4 Å². The van der Waals surface area contributed by atoms with E-state index in [1.54, 1.807) is 11.3 Å². The summed E-state index contributed by atoms with van der Waals surface area (Å²) in [6.07, 6.45) is 0. The second-order valence-electron chi connectivity index (χ2n) is 3.37. The van der Waals surface area contributed by atoms with E-state index in [1.807, 2.05) is 0 Å². The SMILES string of the molecule is OCC1CN(Cc2ccsc2)C1. The molecule has 2 nitrogen and oxygen atoms in total. The third-order valence-electron chi connectivity index (χ3n) is 2.28. The van der Waals surface area contributed by atoms with E-state index in [-0.39, 0.29) is 0 Å². The molecule has 3 heteroatoms. The summed E-state index contributed by atoms with van der Waals surface area (Å²) in [6, 6.07) is 2.16. The molecule has 0 atom stereocenters. The summed E-state index contributed by atoms with van der Waals surface area (Å²) in [6.45, 7) is 3.53. The second kappa shape index (κ2) is 3.56. The van der Waals surface area contributed by atoms with Gasteiger partial charge in [-0.3, -0.25) is 4.90 Å². The molecule has 1 N–H and O–H groups in total. The van der Waals surface area contributed by atoms with Gasteiger partial charge in [0.25, 0.3) is 0 Å². The minimum atomic E-state index is 0.347. The molecule has 66 valence electrons. The lowest BCUT2D eigenvalue weighted by molar-refractivity contribution is 0.0480. The zero-order valence-corrected chi connectivity index (χ0v) is 7.76. The molecule has 0 saturated carbocycles. The van der Waals surface area contributed by atoms with Crippen molar-refractivity contribution in [1.82, 2.24) is 4.90 Å². The zero-order valence-electron chi connectivity index (χ0n) is 6.94. The molecule has 0 radical (unpaired) electrons. The minimum Gasteiger partial charge on any atom is -0.396 e. The van der Waals surface area contributed by atoms with Crippen LogP contribution in [-0.2, 0) is 6.54 Å². The molecule has 1 aliphatic rings. The first-order valence-corrected chi connectivity index (χ1v) is 5.17. The van der Waals surface area contributed by atoms with Crippen LogP contribution in [0.3, 0.4) is 0 Å². The number of aliphatic hydroxyl groups excluding tert-OH is 1. The summed E-state index contributed by atoms with van der Waals surface area (Å²) in [4.78, 5) is 2.36. The van der Waals surface area contributed by atoms with Crippen molar-refractivity contribution in [3.63, 3.8) is 0 Å². The Hall–Kier alpha value is -0.380. The van der Waals surface area contributed by atoms with Crippen LogP contribution in [0.15, 0.2) is 16.8 Å². The van der Waals surface area contributed by atoms with Crippen LogP contribution in [0.5, 0.6) is 0 Å². The number of nitrogens with zero attached hydrogens (tertiary/aromatic N) is 1. The average molecular weight is 183 g/mol. The van der Waals surface area contributed by atoms with Gasteiger partial charge in [-0.05, 0) is 22.4 Å². The van der Waals surface area contributed by atoms with Gasteiger partial charge >= 0.3 is 0 Å². The van der Waals surface area contributed by atoms with Gasteiger partial charge in [-0.25, -0.2) is 0 Å². The molecule has 1 aromatic rings. The molecule has 1 saturated heterocycles. The van der Waals surface area contributed by atoms with Crippen molar-refractivity contribution in [2.75, 3.05) is 19.7 Å². The molecule has 0 aromatic carbocycles. The maximum absolute atomic E-state index is 8.81. The Morgan fingerprint density at radius 1 is 1.58 bits per heavy atom. The normalized spacial score (nSPS) is 19.4. The van der Waals surface area contributed by atoms with Crippen LogP contribution in [0.25, 0.3) is 0 Å². The standard InChI is InChI=1S/C9H13NOS/c11-6-9-4-10(5-9)3-8-1-2-12-7-8/h1-2,7,9,11H,3-6H2. The Balaban J connectivity index is 1.77. The van der Waals surface area contributed by atoms with Gasteiger partial charge in [0, 0.05) is 32.2 Å². The number of rotatable bonds is 3. The fourth-order valence-corrected chi connectivity index (χ4v) is 2.22. The summed E-state index contributed by atoms with van der Waals surface area (Å²) in [5.74, 6) is 0.531. The molecule has 0 spiro atoms. The monoisotopic (exact) mass is 183 g/mol. The van der Waals surface area contributed by atoms with Gasteiger partial charge in [-0.2, -0.15) is 11.3 Å². The van der Waals surface area contributed by atoms with Gasteiger partial charge in [-0.1, -0.05) is 0 Å². The smallest absolute Gasteiger partial charge is 0.0483 e. The second-order valence-corrected chi connectivity index (χ2v) is 4.15. The minimum absolute atomic E-state index is 0.347. The van der Waals surface area contributed by atoms with Crippen LogP contribution in [0, 0.1) is 5.92 Å². The first kappa shape index (κ1) is 8.23. The highest BCUT2D eigenvalue weighted by molar-refractivity contribution is 7.07. The molecule has 0 unspecified atom stereocenters. The summed E-state index contributed by atoms with van der Waals surface area (Å²) in [5, 5.41) is 13.1. The number of hydrogen-bond acceptors (Lipinski definition) is 3. The van der Waals surface area contributed by atoms with E-state index in [2.05, 4.69) is 21.7 Å². The lowest BCUT2D eigenvalue weighted by Gasteiger charge is -2.38. The molecule has 12 heavy (non-hydrogen) atoms. The van der Waals surface area contributed by atoms with Crippen LogP contribution in [0.4, 0.5) is 0 Å². The Morgan fingerprint density at radius 3 is 3.00 bits per heavy atom. The van der Waals surface area contributed by atoms with E-state index < -0.39 is 0 Å². The number of hydrogen-bond donors (Lipinski definition) is 1. The van der Waals surface area contributed by atoms with Crippen molar-refractivity contribution in [2.24, 2.45) is 5.92 Å². The molecule has 1 aliphatic heterocycles. The van der Waals surface area contributed by atoms with Gasteiger partial charge in [0.05, 0.1) is 0 Å². The predicted molar refractivity (Wildman–Crippen MR) is 50.2 cm³/mol. The first-order valence-electron chi connectivity index (χ1n) is 4.23. The molecule has 1 fully saturated rings. The average Bonchev–Trinajstić information content (AvgIpc) is 2.47. The molecule has 2 rings (SSSR count). The predicted octanol–water partition coefficient (Wildman–Crippen LogP) is 1.17. The lowest BCUT2D eigenvalue weighted by Crippen LogP contribution is -2.47. The highest BCUT2D eigenvalue weighted by Gasteiger charge is 2.25. The molecule has 0 bridgehead atoms. The topological polar surface area (TPSA) is 23.5 Å². The maximum Gasteiger partial charge on any atom is 0.0483 e. The van der Waals surface area contributed by atoms with Crippen LogP contribution in [-0.4, -0.2) is 29.7 Å². The molecule has 0 aliphatic carbocycles. The number of likely N-dealkylation sites (tertiary alicyclic amines) is 1.